The molecule has 1 aliphatic rings. The number of carboxylic acid groups (broad SMARTS) is 1. The van der Waals surface area contributed by atoms with Crippen molar-refractivity contribution in [2.75, 3.05) is 19.8 Å². The standard InChI is InChI=1S/C24H28N2O6/c1-15(10-11-22(28)26-21(13-27)23(29)30)12-25-24(31)32-14-20-18-8-4-2-6-16(18)17-7-3-5-9-19(17)20/h2-9,15,20-21,27H,10-14H2,1H3,(H,25,31)(H,26,28)(H,29,30)/t15?,21-/m1/s1. The molecule has 170 valence electrons. The van der Waals surface area contributed by atoms with Gasteiger partial charge in [0.1, 0.15) is 12.6 Å². The second-order valence-corrected chi connectivity index (χ2v) is 7.99. The Kier molecular flexibility index (Phi) is 7.83. The number of carbonyl (C=O) groups is 3. The Balaban J connectivity index is 1.43. The van der Waals surface area contributed by atoms with Gasteiger partial charge in [-0.3, -0.25) is 4.79 Å². The molecule has 0 saturated carbocycles. The Morgan fingerprint density at radius 1 is 1.03 bits per heavy atom. The third-order valence-electron chi connectivity index (χ3n) is 5.62. The fourth-order valence-corrected chi connectivity index (χ4v) is 3.84. The molecule has 3 rings (SSSR count). The summed E-state index contributed by atoms with van der Waals surface area (Å²) in [7, 11) is 0. The molecule has 8 nitrogen and oxygen atoms in total. The zero-order valence-electron chi connectivity index (χ0n) is 17.9. The van der Waals surface area contributed by atoms with Crippen molar-refractivity contribution in [3.05, 3.63) is 59.7 Å². The van der Waals surface area contributed by atoms with Crippen molar-refractivity contribution >= 4 is 18.0 Å². The van der Waals surface area contributed by atoms with Gasteiger partial charge in [-0.1, -0.05) is 55.5 Å². The molecule has 1 unspecified atom stereocenters. The van der Waals surface area contributed by atoms with Gasteiger partial charge in [0, 0.05) is 18.9 Å². The highest BCUT2D eigenvalue weighted by Gasteiger charge is 2.29. The van der Waals surface area contributed by atoms with Gasteiger partial charge < -0.3 is 25.6 Å². The minimum absolute atomic E-state index is 0.0111. The third kappa shape index (κ3) is 5.64. The zero-order valence-corrected chi connectivity index (χ0v) is 17.9. The number of nitrogens with one attached hydrogen (secondary N) is 2. The van der Waals surface area contributed by atoms with Crippen molar-refractivity contribution in [2.45, 2.75) is 31.7 Å². The number of ether oxygens (including phenoxy) is 1. The van der Waals surface area contributed by atoms with E-state index in [0.29, 0.717) is 13.0 Å². The van der Waals surface area contributed by atoms with Gasteiger partial charge in [-0.25, -0.2) is 9.59 Å². The number of aliphatic hydroxyl groups excluding tert-OH is 1. The number of amides is 2. The van der Waals surface area contributed by atoms with Crippen LogP contribution in [0.3, 0.4) is 0 Å². The summed E-state index contributed by atoms with van der Waals surface area (Å²) in [6, 6.07) is 14.9. The van der Waals surface area contributed by atoms with E-state index in [9.17, 15) is 14.4 Å². The van der Waals surface area contributed by atoms with Crippen molar-refractivity contribution in [1.29, 1.82) is 0 Å². The number of carbonyl (C=O) groups excluding carboxylic acids is 2. The van der Waals surface area contributed by atoms with Crippen LogP contribution in [-0.2, 0) is 14.3 Å². The van der Waals surface area contributed by atoms with E-state index in [0.717, 1.165) is 22.3 Å². The Hall–Kier alpha value is -3.39. The molecule has 0 bridgehead atoms. The van der Waals surface area contributed by atoms with Crippen LogP contribution in [0, 0.1) is 5.92 Å². The Bertz CT molecular complexity index is 931. The lowest BCUT2D eigenvalue weighted by atomic mass is 9.98. The van der Waals surface area contributed by atoms with Crippen molar-refractivity contribution in [3.63, 3.8) is 0 Å². The van der Waals surface area contributed by atoms with E-state index < -0.39 is 30.6 Å². The highest BCUT2D eigenvalue weighted by Crippen LogP contribution is 2.44. The first kappa shape index (κ1) is 23.3. The summed E-state index contributed by atoms with van der Waals surface area (Å²) >= 11 is 0. The highest BCUT2D eigenvalue weighted by atomic mass is 16.5. The summed E-state index contributed by atoms with van der Waals surface area (Å²) in [6.45, 7) is 1.76. The lowest BCUT2D eigenvalue weighted by Gasteiger charge is -2.16. The van der Waals surface area contributed by atoms with E-state index in [1.165, 1.54) is 0 Å². The summed E-state index contributed by atoms with van der Waals surface area (Å²) in [6.07, 6.45) is 0.0271. The molecular weight excluding hydrogens is 412 g/mol. The van der Waals surface area contributed by atoms with Crippen molar-refractivity contribution in [3.8, 4) is 11.1 Å². The van der Waals surface area contributed by atoms with Crippen LogP contribution in [-0.4, -0.2) is 54.0 Å². The normalized spacial score (nSPS) is 14.1. The molecule has 2 aromatic carbocycles. The summed E-state index contributed by atoms with van der Waals surface area (Å²) in [5.41, 5.74) is 4.61. The molecule has 2 atom stereocenters. The monoisotopic (exact) mass is 440 g/mol. The molecule has 8 heteroatoms. The van der Waals surface area contributed by atoms with Crippen LogP contribution in [0.5, 0.6) is 0 Å². The summed E-state index contributed by atoms with van der Waals surface area (Å²) in [5.74, 6) is -1.77. The Morgan fingerprint density at radius 3 is 2.19 bits per heavy atom. The SMILES string of the molecule is CC(CCC(=O)N[C@H](CO)C(=O)O)CNC(=O)OCC1c2ccccc2-c2ccccc21. The number of alkyl carbamates (subject to hydrolysis) is 1. The molecule has 32 heavy (non-hydrogen) atoms. The maximum absolute atomic E-state index is 12.2. The van der Waals surface area contributed by atoms with Gasteiger partial charge in [0.15, 0.2) is 0 Å². The second-order valence-electron chi connectivity index (χ2n) is 7.99. The van der Waals surface area contributed by atoms with Gasteiger partial charge in [-0.05, 0) is 34.6 Å². The van der Waals surface area contributed by atoms with E-state index in [4.69, 9.17) is 14.9 Å². The van der Waals surface area contributed by atoms with E-state index in [-0.39, 0.29) is 24.9 Å². The van der Waals surface area contributed by atoms with E-state index >= 15 is 0 Å². The zero-order chi connectivity index (χ0) is 23.1. The third-order valence-corrected chi connectivity index (χ3v) is 5.62. The lowest BCUT2D eigenvalue weighted by Crippen LogP contribution is -2.43. The molecule has 0 spiro atoms. The van der Waals surface area contributed by atoms with Gasteiger partial charge in [-0.2, -0.15) is 0 Å². The first-order chi connectivity index (χ1) is 15.4. The molecule has 1 aliphatic carbocycles. The number of fused-ring (bicyclic) bond motifs is 3. The van der Waals surface area contributed by atoms with Crippen LogP contribution in [0.4, 0.5) is 4.79 Å². The topological polar surface area (TPSA) is 125 Å². The summed E-state index contributed by atoms with van der Waals surface area (Å²) < 4.78 is 5.49. The Morgan fingerprint density at radius 2 is 1.62 bits per heavy atom. The molecule has 4 N–H and O–H groups in total. The minimum atomic E-state index is -1.31. The molecule has 2 aromatic rings. The molecule has 0 aromatic heterocycles. The average Bonchev–Trinajstić information content (AvgIpc) is 3.12. The van der Waals surface area contributed by atoms with Gasteiger partial charge >= 0.3 is 12.1 Å². The maximum Gasteiger partial charge on any atom is 0.407 e. The molecule has 0 saturated heterocycles. The number of hydrogen-bond acceptors (Lipinski definition) is 5. The fraction of sp³-hybridized carbons (Fsp3) is 0.375. The average molecular weight is 440 g/mol. The molecule has 0 radical (unpaired) electrons. The number of aliphatic hydroxyl groups is 1. The largest absolute Gasteiger partial charge is 0.480 e. The van der Waals surface area contributed by atoms with Crippen LogP contribution >= 0.6 is 0 Å². The Labute approximate surface area is 186 Å². The maximum atomic E-state index is 12.2. The smallest absolute Gasteiger partial charge is 0.407 e. The summed E-state index contributed by atoms with van der Waals surface area (Å²) in [5, 5.41) is 22.8. The van der Waals surface area contributed by atoms with Crippen LogP contribution in [0.15, 0.2) is 48.5 Å². The number of carboxylic acids is 1. The van der Waals surface area contributed by atoms with Gasteiger partial charge in [0.25, 0.3) is 0 Å². The molecular formula is C24H28N2O6. The van der Waals surface area contributed by atoms with Gasteiger partial charge in [-0.15, -0.1) is 0 Å². The van der Waals surface area contributed by atoms with Crippen LogP contribution in [0.2, 0.25) is 0 Å². The van der Waals surface area contributed by atoms with E-state index in [1.54, 1.807) is 0 Å². The molecule has 2 amide bonds. The van der Waals surface area contributed by atoms with Gasteiger partial charge in [0.2, 0.25) is 5.91 Å². The number of benzene rings is 2. The van der Waals surface area contributed by atoms with Crippen molar-refractivity contribution in [1.82, 2.24) is 10.6 Å². The highest BCUT2D eigenvalue weighted by molar-refractivity contribution is 5.83. The number of rotatable bonds is 10. The number of aliphatic carboxylic acids is 1. The summed E-state index contributed by atoms with van der Waals surface area (Å²) in [4.78, 5) is 34.9. The molecule has 0 heterocycles. The second kappa shape index (κ2) is 10.8. The molecule has 0 fully saturated rings. The fourth-order valence-electron chi connectivity index (χ4n) is 3.84. The number of hydrogen-bond donors (Lipinski definition) is 4. The van der Waals surface area contributed by atoms with E-state index in [2.05, 4.69) is 34.9 Å². The predicted octanol–water partition coefficient (Wildman–Crippen LogP) is 2.50. The lowest BCUT2D eigenvalue weighted by molar-refractivity contribution is -0.143. The van der Waals surface area contributed by atoms with Crippen molar-refractivity contribution in [2.24, 2.45) is 5.92 Å². The first-order valence-electron chi connectivity index (χ1n) is 10.6. The first-order valence-corrected chi connectivity index (χ1v) is 10.6. The van der Waals surface area contributed by atoms with Crippen LogP contribution < -0.4 is 10.6 Å². The quantitative estimate of drug-likeness (QED) is 0.450. The minimum Gasteiger partial charge on any atom is -0.480 e. The van der Waals surface area contributed by atoms with Crippen LogP contribution in [0.1, 0.15) is 36.8 Å². The van der Waals surface area contributed by atoms with Crippen molar-refractivity contribution < 1.29 is 29.3 Å². The predicted molar refractivity (Wildman–Crippen MR) is 118 cm³/mol. The molecule has 0 aliphatic heterocycles. The van der Waals surface area contributed by atoms with Crippen LogP contribution in [0.25, 0.3) is 11.1 Å². The van der Waals surface area contributed by atoms with E-state index in [1.807, 2.05) is 31.2 Å². The van der Waals surface area contributed by atoms with Gasteiger partial charge in [0.05, 0.1) is 6.61 Å².